The van der Waals surface area contributed by atoms with Crippen molar-refractivity contribution < 1.29 is 19.4 Å². The zero-order valence-corrected chi connectivity index (χ0v) is 12.3. The van der Waals surface area contributed by atoms with Gasteiger partial charge in [-0.1, -0.05) is 23.7 Å². The Morgan fingerprint density at radius 1 is 1.38 bits per heavy atom. The zero-order valence-electron chi connectivity index (χ0n) is 11.5. The average Bonchev–Trinajstić information content (AvgIpc) is 2.98. The Hall–Kier alpha value is -1.59. The van der Waals surface area contributed by atoms with E-state index in [4.69, 9.17) is 21.4 Å². The lowest BCUT2D eigenvalue weighted by Crippen LogP contribution is -2.37. The van der Waals surface area contributed by atoms with Crippen LogP contribution < -0.4 is 5.32 Å². The fourth-order valence-electron chi connectivity index (χ4n) is 2.38. The summed E-state index contributed by atoms with van der Waals surface area (Å²) >= 11 is 5.83. The second-order valence-electron chi connectivity index (χ2n) is 5.09. The van der Waals surface area contributed by atoms with Crippen molar-refractivity contribution in [3.63, 3.8) is 0 Å². The van der Waals surface area contributed by atoms with Gasteiger partial charge >= 0.3 is 5.97 Å². The van der Waals surface area contributed by atoms with E-state index < -0.39 is 12.1 Å². The lowest BCUT2D eigenvalue weighted by Gasteiger charge is -2.18. The number of halogens is 1. The second kappa shape index (κ2) is 7.43. The van der Waals surface area contributed by atoms with Gasteiger partial charge in [-0.2, -0.15) is 0 Å². The van der Waals surface area contributed by atoms with Crippen molar-refractivity contribution in [2.45, 2.75) is 31.3 Å². The van der Waals surface area contributed by atoms with Crippen LogP contribution in [0.15, 0.2) is 24.3 Å². The van der Waals surface area contributed by atoms with Crippen LogP contribution in [0.25, 0.3) is 0 Å². The summed E-state index contributed by atoms with van der Waals surface area (Å²) in [7, 11) is 0. The van der Waals surface area contributed by atoms with Crippen LogP contribution in [0.4, 0.5) is 0 Å². The van der Waals surface area contributed by atoms with Crippen molar-refractivity contribution in [1.29, 1.82) is 0 Å². The summed E-state index contributed by atoms with van der Waals surface area (Å²) in [4.78, 5) is 22.9. The van der Waals surface area contributed by atoms with Crippen molar-refractivity contribution in [1.82, 2.24) is 5.32 Å². The van der Waals surface area contributed by atoms with E-state index in [-0.39, 0.29) is 24.8 Å². The predicted molar refractivity (Wildman–Crippen MR) is 78.4 cm³/mol. The maximum atomic E-state index is 11.9. The number of benzene rings is 1. The van der Waals surface area contributed by atoms with Gasteiger partial charge in [0.1, 0.15) is 6.10 Å². The fraction of sp³-hybridized carbons (Fsp3) is 0.467. The Kier molecular flexibility index (Phi) is 5.59. The van der Waals surface area contributed by atoms with E-state index in [1.807, 2.05) is 0 Å². The summed E-state index contributed by atoms with van der Waals surface area (Å²) in [6.45, 7) is 0.875. The molecule has 1 saturated heterocycles. The first-order chi connectivity index (χ1) is 10.1. The highest BCUT2D eigenvalue weighted by molar-refractivity contribution is 6.30. The summed E-state index contributed by atoms with van der Waals surface area (Å²) < 4.78 is 5.30. The third kappa shape index (κ3) is 4.72. The lowest BCUT2D eigenvalue weighted by molar-refractivity contribution is -0.138. The number of rotatable bonds is 6. The summed E-state index contributed by atoms with van der Waals surface area (Å²) in [5.41, 5.74) is 0.842. The Bertz CT molecular complexity index is 497. The van der Waals surface area contributed by atoms with Gasteiger partial charge < -0.3 is 15.2 Å². The van der Waals surface area contributed by atoms with Crippen molar-refractivity contribution in [3.8, 4) is 0 Å². The van der Waals surface area contributed by atoms with Crippen LogP contribution >= 0.6 is 11.6 Å². The van der Waals surface area contributed by atoms with Crippen molar-refractivity contribution in [2.75, 3.05) is 13.2 Å². The van der Waals surface area contributed by atoms with Crippen LogP contribution in [0.3, 0.4) is 0 Å². The average molecular weight is 312 g/mol. The van der Waals surface area contributed by atoms with Gasteiger partial charge in [-0.3, -0.25) is 9.59 Å². The number of hydrogen-bond donors (Lipinski definition) is 2. The van der Waals surface area contributed by atoms with E-state index in [1.54, 1.807) is 24.3 Å². The highest BCUT2D eigenvalue weighted by Gasteiger charge is 2.24. The molecular weight excluding hydrogens is 294 g/mol. The number of carboxylic acids is 1. The zero-order chi connectivity index (χ0) is 15.2. The molecule has 1 amide bonds. The minimum absolute atomic E-state index is 0.0482. The molecule has 0 saturated carbocycles. The van der Waals surface area contributed by atoms with Gasteiger partial charge in [0.2, 0.25) is 5.91 Å². The standard InChI is InChI=1S/C15H18ClNO4/c16-12-5-3-10(4-6-12)11(8-14(18)19)9-17-15(20)13-2-1-7-21-13/h3-6,11,13H,1-2,7-9H2,(H,17,20)(H,18,19). The Morgan fingerprint density at radius 3 is 2.67 bits per heavy atom. The number of nitrogens with one attached hydrogen (secondary N) is 1. The van der Waals surface area contributed by atoms with Gasteiger partial charge in [-0.15, -0.1) is 0 Å². The highest BCUT2D eigenvalue weighted by atomic mass is 35.5. The van der Waals surface area contributed by atoms with Crippen LogP contribution in [0.2, 0.25) is 5.02 Å². The van der Waals surface area contributed by atoms with Gasteiger partial charge in [-0.05, 0) is 30.5 Å². The van der Waals surface area contributed by atoms with Gasteiger partial charge in [0.05, 0.1) is 6.42 Å². The molecule has 21 heavy (non-hydrogen) atoms. The first kappa shape index (κ1) is 15.8. The van der Waals surface area contributed by atoms with Crippen LogP contribution in [0, 0.1) is 0 Å². The Labute approximate surface area is 128 Å². The van der Waals surface area contributed by atoms with Gasteiger partial charge in [0.15, 0.2) is 0 Å². The Morgan fingerprint density at radius 2 is 2.10 bits per heavy atom. The second-order valence-corrected chi connectivity index (χ2v) is 5.53. The van der Waals surface area contributed by atoms with Crippen molar-refractivity contribution in [2.24, 2.45) is 0 Å². The van der Waals surface area contributed by atoms with E-state index in [9.17, 15) is 9.59 Å². The summed E-state index contributed by atoms with van der Waals surface area (Å²) in [5.74, 6) is -1.36. The number of ether oxygens (including phenoxy) is 1. The number of aliphatic carboxylic acids is 1. The molecule has 5 nitrogen and oxygen atoms in total. The molecule has 0 aliphatic carbocycles. The molecule has 2 atom stereocenters. The molecule has 6 heteroatoms. The molecule has 2 rings (SSSR count). The third-order valence-electron chi connectivity index (χ3n) is 3.51. The van der Waals surface area contributed by atoms with E-state index in [0.717, 1.165) is 18.4 Å². The molecule has 1 aliphatic heterocycles. The molecule has 1 fully saturated rings. The summed E-state index contributed by atoms with van der Waals surface area (Å²) in [5, 5.41) is 12.4. The third-order valence-corrected chi connectivity index (χ3v) is 3.76. The maximum absolute atomic E-state index is 11.9. The number of carbonyl (C=O) groups is 2. The van der Waals surface area contributed by atoms with Crippen LogP contribution in [0.5, 0.6) is 0 Å². The Balaban J connectivity index is 1.97. The fourth-order valence-corrected chi connectivity index (χ4v) is 2.50. The van der Waals surface area contributed by atoms with Crippen LogP contribution in [0.1, 0.15) is 30.7 Å². The lowest BCUT2D eigenvalue weighted by atomic mass is 9.95. The number of carbonyl (C=O) groups excluding carboxylic acids is 1. The molecule has 1 aliphatic rings. The van der Waals surface area contributed by atoms with Crippen molar-refractivity contribution >= 4 is 23.5 Å². The normalized spacial score (nSPS) is 19.2. The predicted octanol–water partition coefficient (Wildman–Crippen LogP) is 2.19. The SMILES string of the molecule is O=C(O)CC(CNC(=O)C1CCCO1)c1ccc(Cl)cc1. The van der Waals surface area contributed by atoms with Crippen molar-refractivity contribution in [3.05, 3.63) is 34.9 Å². The number of amides is 1. The molecule has 0 bridgehead atoms. The molecule has 2 N–H and O–H groups in total. The quantitative estimate of drug-likeness (QED) is 0.844. The minimum Gasteiger partial charge on any atom is -0.481 e. The molecular formula is C15H18ClNO4. The first-order valence-electron chi connectivity index (χ1n) is 6.93. The monoisotopic (exact) mass is 311 g/mol. The van der Waals surface area contributed by atoms with Crippen LogP contribution in [-0.4, -0.2) is 36.2 Å². The van der Waals surface area contributed by atoms with E-state index >= 15 is 0 Å². The highest BCUT2D eigenvalue weighted by Crippen LogP contribution is 2.21. The summed E-state index contributed by atoms with van der Waals surface area (Å²) in [6.07, 6.45) is 1.15. The van der Waals surface area contributed by atoms with Gasteiger partial charge in [-0.25, -0.2) is 0 Å². The van der Waals surface area contributed by atoms with E-state index in [1.165, 1.54) is 0 Å². The number of carboxylic acid groups (broad SMARTS) is 1. The minimum atomic E-state index is -0.902. The number of hydrogen-bond acceptors (Lipinski definition) is 3. The molecule has 1 heterocycles. The largest absolute Gasteiger partial charge is 0.481 e. The molecule has 1 aromatic rings. The molecule has 0 spiro atoms. The molecule has 2 unspecified atom stereocenters. The summed E-state index contributed by atoms with van der Waals surface area (Å²) in [6, 6.07) is 7.00. The molecule has 1 aromatic carbocycles. The molecule has 0 aromatic heterocycles. The van der Waals surface area contributed by atoms with Gasteiger partial charge in [0, 0.05) is 24.1 Å². The molecule has 0 radical (unpaired) electrons. The van der Waals surface area contributed by atoms with E-state index in [2.05, 4.69) is 5.32 Å². The van der Waals surface area contributed by atoms with Crippen LogP contribution in [-0.2, 0) is 14.3 Å². The smallest absolute Gasteiger partial charge is 0.304 e. The topological polar surface area (TPSA) is 75.6 Å². The maximum Gasteiger partial charge on any atom is 0.304 e. The van der Waals surface area contributed by atoms with E-state index in [0.29, 0.717) is 11.6 Å². The molecule has 114 valence electrons. The first-order valence-corrected chi connectivity index (χ1v) is 7.30. The van der Waals surface area contributed by atoms with Gasteiger partial charge in [0.25, 0.3) is 0 Å².